The van der Waals surface area contributed by atoms with Crippen LogP contribution in [-0.2, 0) is 14.6 Å². The maximum absolute atomic E-state index is 12.7. The number of hydrogen-bond donors (Lipinski definition) is 0. The van der Waals surface area contributed by atoms with Crippen LogP contribution in [0.5, 0.6) is 0 Å². The number of amides is 1. The van der Waals surface area contributed by atoms with Gasteiger partial charge in [0.1, 0.15) is 0 Å². The Morgan fingerprint density at radius 2 is 2.00 bits per heavy atom. The van der Waals surface area contributed by atoms with Gasteiger partial charge in [0.05, 0.1) is 17.3 Å². The van der Waals surface area contributed by atoms with Crippen molar-refractivity contribution in [3.8, 4) is 11.5 Å². The number of benzene rings is 1. The van der Waals surface area contributed by atoms with Gasteiger partial charge in [-0.3, -0.25) is 4.79 Å². The van der Waals surface area contributed by atoms with Crippen LogP contribution in [0.3, 0.4) is 0 Å². The van der Waals surface area contributed by atoms with E-state index in [0.717, 1.165) is 24.0 Å². The standard InChI is InChI=1S/C18H21N3O4S2/c1-12-4-2-3-5-15(12)17-19-20-18(25-17)26-10-16(22)21(13-6-7-13)14-8-9-27(23,24)11-14/h2-5,13-14H,6-11H2,1H3/t14-/m1/s1. The molecule has 1 aromatic heterocycles. The summed E-state index contributed by atoms with van der Waals surface area (Å²) in [5.74, 6) is 0.801. The molecule has 27 heavy (non-hydrogen) atoms. The predicted molar refractivity (Wildman–Crippen MR) is 102 cm³/mol. The van der Waals surface area contributed by atoms with Gasteiger partial charge in [-0.05, 0) is 37.8 Å². The molecule has 0 bridgehead atoms. The molecule has 0 radical (unpaired) electrons. The zero-order valence-electron chi connectivity index (χ0n) is 15.0. The molecule has 0 unspecified atom stereocenters. The predicted octanol–water partition coefficient (Wildman–Crippen LogP) is 2.32. The number of aryl methyl sites for hydroxylation is 1. The summed E-state index contributed by atoms with van der Waals surface area (Å²) < 4.78 is 29.2. The van der Waals surface area contributed by atoms with Crippen LogP contribution < -0.4 is 0 Å². The Balaban J connectivity index is 1.41. The van der Waals surface area contributed by atoms with Gasteiger partial charge < -0.3 is 9.32 Å². The third-order valence-corrected chi connectivity index (χ3v) is 7.48. The summed E-state index contributed by atoms with van der Waals surface area (Å²) in [6.07, 6.45) is 2.43. The van der Waals surface area contributed by atoms with Crippen molar-refractivity contribution in [2.24, 2.45) is 0 Å². The molecule has 0 N–H and O–H groups in total. The van der Waals surface area contributed by atoms with E-state index in [9.17, 15) is 13.2 Å². The first-order chi connectivity index (χ1) is 12.9. The van der Waals surface area contributed by atoms with Crippen LogP contribution in [0.1, 0.15) is 24.8 Å². The normalized spacial score (nSPS) is 21.3. The van der Waals surface area contributed by atoms with Crippen molar-refractivity contribution in [2.75, 3.05) is 17.3 Å². The van der Waals surface area contributed by atoms with Crippen molar-refractivity contribution in [1.29, 1.82) is 0 Å². The van der Waals surface area contributed by atoms with Crippen LogP contribution in [-0.4, -0.2) is 58.8 Å². The summed E-state index contributed by atoms with van der Waals surface area (Å²) in [4.78, 5) is 14.5. The second-order valence-corrected chi connectivity index (χ2v) is 10.2. The average molecular weight is 408 g/mol. The van der Waals surface area contributed by atoms with Gasteiger partial charge in [-0.25, -0.2) is 8.42 Å². The fourth-order valence-electron chi connectivity index (χ4n) is 3.44. The molecule has 1 aromatic carbocycles. The number of thioether (sulfide) groups is 1. The third-order valence-electron chi connectivity index (χ3n) is 4.93. The minimum Gasteiger partial charge on any atom is -0.411 e. The fourth-order valence-corrected chi connectivity index (χ4v) is 5.78. The molecule has 1 aliphatic carbocycles. The highest BCUT2D eigenvalue weighted by atomic mass is 32.2. The number of sulfone groups is 1. The maximum atomic E-state index is 12.7. The zero-order valence-corrected chi connectivity index (χ0v) is 16.6. The van der Waals surface area contributed by atoms with E-state index in [1.807, 2.05) is 31.2 Å². The number of carbonyl (C=O) groups excluding carboxylic acids is 1. The Bertz CT molecular complexity index is 953. The van der Waals surface area contributed by atoms with Crippen LogP contribution in [0.15, 0.2) is 33.9 Å². The van der Waals surface area contributed by atoms with Crippen molar-refractivity contribution < 1.29 is 17.6 Å². The molecule has 2 fully saturated rings. The molecule has 0 spiro atoms. The van der Waals surface area contributed by atoms with Gasteiger partial charge in [0.15, 0.2) is 9.84 Å². The van der Waals surface area contributed by atoms with Crippen LogP contribution in [0.2, 0.25) is 0 Å². The highest BCUT2D eigenvalue weighted by Crippen LogP contribution is 2.33. The number of aromatic nitrogens is 2. The lowest BCUT2D eigenvalue weighted by molar-refractivity contribution is -0.130. The van der Waals surface area contributed by atoms with Crippen LogP contribution in [0, 0.1) is 6.92 Å². The molecule has 1 saturated carbocycles. The van der Waals surface area contributed by atoms with Crippen molar-refractivity contribution in [3.05, 3.63) is 29.8 Å². The highest BCUT2D eigenvalue weighted by molar-refractivity contribution is 7.99. The van der Waals surface area contributed by atoms with Crippen molar-refractivity contribution in [2.45, 2.75) is 43.5 Å². The van der Waals surface area contributed by atoms with Gasteiger partial charge in [0.2, 0.25) is 11.8 Å². The van der Waals surface area contributed by atoms with E-state index in [2.05, 4.69) is 10.2 Å². The third kappa shape index (κ3) is 4.19. The van der Waals surface area contributed by atoms with Gasteiger partial charge in [0, 0.05) is 17.6 Å². The number of nitrogens with zero attached hydrogens (tertiary/aromatic N) is 3. The molecule has 9 heteroatoms. The van der Waals surface area contributed by atoms with E-state index >= 15 is 0 Å². The Labute approximate surface area is 162 Å². The second-order valence-electron chi connectivity index (χ2n) is 7.07. The van der Waals surface area contributed by atoms with E-state index in [-0.39, 0.29) is 35.2 Å². The van der Waals surface area contributed by atoms with Gasteiger partial charge in [0.25, 0.3) is 5.22 Å². The van der Waals surface area contributed by atoms with Crippen molar-refractivity contribution >= 4 is 27.5 Å². The smallest absolute Gasteiger partial charge is 0.277 e. The highest BCUT2D eigenvalue weighted by Gasteiger charge is 2.42. The summed E-state index contributed by atoms with van der Waals surface area (Å²) in [5, 5.41) is 8.44. The molecule has 1 saturated heterocycles. The molecular weight excluding hydrogens is 386 g/mol. The number of carbonyl (C=O) groups is 1. The SMILES string of the molecule is Cc1ccccc1-c1nnc(SCC(=O)N(C2CC2)[C@@H]2CCS(=O)(=O)C2)o1. The lowest BCUT2D eigenvalue weighted by Crippen LogP contribution is -2.43. The second kappa shape index (κ2) is 7.27. The topological polar surface area (TPSA) is 93.4 Å². The average Bonchev–Trinajstić information content (AvgIpc) is 3.23. The van der Waals surface area contributed by atoms with Crippen LogP contribution in [0.4, 0.5) is 0 Å². The molecule has 2 heterocycles. The fraction of sp³-hybridized carbons (Fsp3) is 0.500. The molecule has 144 valence electrons. The summed E-state index contributed by atoms with van der Waals surface area (Å²) in [7, 11) is -3.02. The maximum Gasteiger partial charge on any atom is 0.277 e. The first kappa shape index (κ1) is 18.5. The summed E-state index contributed by atoms with van der Waals surface area (Å²) in [6, 6.07) is 7.73. The molecule has 1 atom stereocenters. The van der Waals surface area contributed by atoms with Crippen molar-refractivity contribution in [3.63, 3.8) is 0 Å². The Hall–Kier alpha value is -1.87. The lowest BCUT2D eigenvalue weighted by Gasteiger charge is -2.28. The molecule has 2 aromatic rings. The van der Waals surface area contributed by atoms with Gasteiger partial charge >= 0.3 is 0 Å². The van der Waals surface area contributed by atoms with Crippen LogP contribution >= 0.6 is 11.8 Å². The van der Waals surface area contributed by atoms with E-state index in [1.54, 1.807) is 4.90 Å². The Morgan fingerprint density at radius 3 is 2.67 bits per heavy atom. The molecule has 1 amide bonds. The first-order valence-corrected chi connectivity index (χ1v) is 11.8. The quantitative estimate of drug-likeness (QED) is 0.678. The Kier molecular flexibility index (Phi) is 4.98. The number of hydrogen-bond acceptors (Lipinski definition) is 7. The molecule has 1 aliphatic heterocycles. The van der Waals surface area contributed by atoms with E-state index in [0.29, 0.717) is 17.5 Å². The minimum atomic E-state index is -3.02. The summed E-state index contributed by atoms with van der Waals surface area (Å²) in [5.41, 5.74) is 1.91. The van der Waals surface area contributed by atoms with Crippen molar-refractivity contribution in [1.82, 2.24) is 15.1 Å². The van der Waals surface area contributed by atoms with Crippen LogP contribution in [0.25, 0.3) is 11.5 Å². The van der Waals surface area contributed by atoms with E-state index in [1.165, 1.54) is 11.8 Å². The zero-order chi connectivity index (χ0) is 19.0. The minimum absolute atomic E-state index is 0.0553. The first-order valence-electron chi connectivity index (χ1n) is 8.97. The molecule has 4 rings (SSSR count). The lowest BCUT2D eigenvalue weighted by atomic mass is 10.1. The summed E-state index contributed by atoms with van der Waals surface area (Å²) in [6.45, 7) is 1.97. The van der Waals surface area contributed by atoms with Gasteiger partial charge in [-0.2, -0.15) is 0 Å². The largest absolute Gasteiger partial charge is 0.411 e. The molecular formula is C18H21N3O4S2. The molecule has 7 nitrogen and oxygen atoms in total. The van der Waals surface area contributed by atoms with E-state index < -0.39 is 9.84 Å². The number of rotatable bonds is 6. The van der Waals surface area contributed by atoms with Gasteiger partial charge in [-0.15, -0.1) is 10.2 Å². The van der Waals surface area contributed by atoms with E-state index in [4.69, 9.17) is 4.42 Å². The van der Waals surface area contributed by atoms with Gasteiger partial charge in [-0.1, -0.05) is 30.0 Å². The monoisotopic (exact) mass is 407 g/mol. The molecule has 2 aliphatic rings. The summed E-state index contributed by atoms with van der Waals surface area (Å²) >= 11 is 1.20. The Morgan fingerprint density at radius 1 is 1.22 bits per heavy atom.